The smallest absolute Gasteiger partial charge is 0.173 e. The third-order valence-electron chi connectivity index (χ3n) is 4.42. The Labute approximate surface area is 159 Å². The van der Waals surface area contributed by atoms with Crippen LogP contribution < -0.4 is 4.57 Å². The summed E-state index contributed by atoms with van der Waals surface area (Å²) in [6.07, 6.45) is 15.7. The SMILES string of the molecule is C(=C\c1cc[n+](Cc2ccc(-c3ccncc3)cc2)cc1)/c1ccncc1. The largest absolute Gasteiger partial charge is 0.265 e. The second kappa shape index (κ2) is 8.19. The first kappa shape index (κ1) is 16.9. The van der Waals surface area contributed by atoms with Crippen molar-refractivity contribution in [3.63, 3.8) is 0 Å². The maximum Gasteiger partial charge on any atom is 0.173 e. The van der Waals surface area contributed by atoms with Crippen molar-refractivity contribution < 1.29 is 4.57 Å². The van der Waals surface area contributed by atoms with Crippen molar-refractivity contribution in [3.8, 4) is 11.1 Å². The number of benzene rings is 1. The highest BCUT2D eigenvalue weighted by atomic mass is 14.9. The van der Waals surface area contributed by atoms with E-state index in [1.807, 2.05) is 36.7 Å². The van der Waals surface area contributed by atoms with Crippen LogP contribution in [-0.2, 0) is 6.54 Å². The molecule has 0 aliphatic rings. The quantitative estimate of drug-likeness (QED) is 0.490. The molecule has 130 valence electrons. The highest BCUT2D eigenvalue weighted by molar-refractivity contribution is 5.68. The van der Waals surface area contributed by atoms with E-state index in [0.717, 1.165) is 12.1 Å². The first-order valence-electron chi connectivity index (χ1n) is 8.93. The summed E-state index contributed by atoms with van der Waals surface area (Å²) in [5.74, 6) is 0. The van der Waals surface area contributed by atoms with Crippen molar-refractivity contribution in [1.29, 1.82) is 0 Å². The van der Waals surface area contributed by atoms with E-state index in [1.165, 1.54) is 22.3 Å². The Balaban J connectivity index is 1.42. The van der Waals surface area contributed by atoms with Crippen LogP contribution in [0.3, 0.4) is 0 Å². The number of aromatic nitrogens is 3. The van der Waals surface area contributed by atoms with Crippen molar-refractivity contribution in [2.24, 2.45) is 0 Å². The van der Waals surface area contributed by atoms with Crippen LogP contribution in [0.25, 0.3) is 23.3 Å². The summed E-state index contributed by atoms with van der Waals surface area (Å²) in [5.41, 5.74) is 6.00. The lowest BCUT2D eigenvalue weighted by molar-refractivity contribution is -0.688. The fraction of sp³-hybridized carbons (Fsp3) is 0.0417. The van der Waals surface area contributed by atoms with Gasteiger partial charge in [0.15, 0.2) is 18.9 Å². The number of pyridine rings is 3. The topological polar surface area (TPSA) is 29.7 Å². The lowest BCUT2D eigenvalue weighted by Crippen LogP contribution is -2.33. The molecule has 0 spiro atoms. The molecule has 3 heteroatoms. The maximum absolute atomic E-state index is 4.07. The van der Waals surface area contributed by atoms with E-state index in [0.29, 0.717) is 0 Å². The molecule has 0 amide bonds. The minimum absolute atomic E-state index is 0.852. The summed E-state index contributed by atoms with van der Waals surface area (Å²) >= 11 is 0. The van der Waals surface area contributed by atoms with E-state index in [2.05, 4.69) is 75.5 Å². The highest BCUT2D eigenvalue weighted by Gasteiger charge is 2.03. The second-order valence-corrected chi connectivity index (χ2v) is 6.35. The molecule has 0 bridgehead atoms. The van der Waals surface area contributed by atoms with Gasteiger partial charge < -0.3 is 0 Å². The molecule has 0 fully saturated rings. The van der Waals surface area contributed by atoms with Crippen LogP contribution in [0.15, 0.2) is 97.8 Å². The lowest BCUT2D eigenvalue weighted by Gasteiger charge is -2.03. The van der Waals surface area contributed by atoms with E-state index >= 15 is 0 Å². The second-order valence-electron chi connectivity index (χ2n) is 6.35. The fourth-order valence-corrected chi connectivity index (χ4v) is 2.91. The molecular formula is C24H20N3+. The monoisotopic (exact) mass is 350 g/mol. The van der Waals surface area contributed by atoms with Gasteiger partial charge in [-0.3, -0.25) is 9.97 Å². The molecule has 0 radical (unpaired) electrons. The molecule has 3 aromatic heterocycles. The molecule has 3 nitrogen and oxygen atoms in total. The number of hydrogen-bond acceptors (Lipinski definition) is 2. The van der Waals surface area contributed by atoms with Crippen molar-refractivity contribution >= 4 is 12.2 Å². The van der Waals surface area contributed by atoms with Gasteiger partial charge in [-0.1, -0.05) is 36.4 Å². The summed E-state index contributed by atoms with van der Waals surface area (Å²) in [5, 5.41) is 0. The Morgan fingerprint density at radius 2 is 1.11 bits per heavy atom. The fourth-order valence-electron chi connectivity index (χ4n) is 2.91. The Kier molecular flexibility index (Phi) is 5.11. The standard InChI is InChI=1S/C24H20N3/c1(20-7-13-25-14-8-20)2-21-11-17-27(18-12-21)19-22-3-5-23(6-4-22)24-9-15-26-16-10-24/h1-18H,19H2/q+1/b2-1+. The van der Waals surface area contributed by atoms with Crippen LogP contribution >= 0.6 is 0 Å². The van der Waals surface area contributed by atoms with E-state index in [9.17, 15) is 0 Å². The third kappa shape index (κ3) is 4.53. The summed E-state index contributed by atoms with van der Waals surface area (Å²) in [7, 11) is 0. The number of nitrogens with zero attached hydrogens (tertiary/aromatic N) is 3. The van der Waals surface area contributed by atoms with Gasteiger partial charge in [-0.15, -0.1) is 0 Å². The molecule has 3 heterocycles. The van der Waals surface area contributed by atoms with E-state index < -0.39 is 0 Å². The molecular weight excluding hydrogens is 330 g/mol. The van der Waals surface area contributed by atoms with E-state index in [1.54, 1.807) is 12.4 Å². The molecule has 0 saturated heterocycles. The first-order chi connectivity index (χ1) is 13.4. The van der Waals surface area contributed by atoms with Crippen molar-refractivity contribution in [1.82, 2.24) is 9.97 Å². The summed E-state index contributed by atoms with van der Waals surface area (Å²) < 4.78 is 2.19. The summed E-state index contributed by atoms with van der Waals surface area (Å²) in [4.78, 5) is 8.11. The van der Waals surface area contributed by atoms with Crippen LogP contribution in [-0.4, -0.2) is 9.97 Å². The van der Waals surface area contributed by atoms with Gasteiger partial charge in [0.1, 0.15) is 0 Å². The van der Waals surface area contributed by atoms with Crippen molar-refractivity contribution in [3.05, 3.63) is 115 Å². The molecule has 0 atom stereocenters. The van der Waals surface area contributed by atoms with E-state index in [-0.39, 0.29) is 0 Å². The van der Waals surface area contributed by atoms with Gasteiger partial charge in [0.25, 0.3) is 0 Å². The Bertz CT molecular complexity index is 1010. The lowest BCUT2D eigenvalue weighted by atomic mass is 10.1. The van der Waals surface area contributed by atoms with Gasteiger partial charge in [0.2, 0.25) is 0 Å². The third-order valence-corrected chi connectivity index (χ3v) is 4.42. The molecule has 27 heavy (non-hydrogen) atoms. The zero-order valence-electron chi connectivity index (χ0n) is 14.9. The predicted molar refractivity (Wildman–Crippen MR) is 109 cm³/mol. The molecule has 0 aliphatic carbocycles. The van der Waals surface area contributed by atoms with Crippen LogP contribution in [0.4, 0.5) is 0 Å². The average Bonchev–Trinajstić information content (AvgIpc) is 2.75. The Morgan fingerprint density at radius 1 is 0.593 bits per heavy atom. The Morgan fingerprint density at radius 3 is 1.74 bits per heavy atom. The summed E-state index contributed by atoms with van der Waals surface area (Å²) in [6.45, 7) is 0.852. The Hall–Kier alpha value is -3.59. The van der Waals surface area contributed by atoms with Crippen LogP contribution in [0.5, 0.6) is 0 Å². The zero-order valence-corrected chi connectivity index (χ0v) is 14.9. The maximum atomic E-state index is 4.07. The zero-order chi connectivity index (χ0) is 18.3. The van der Waals surface area contributed by atoms with Crippen molar-refractivity contribution in [2.75, 3.05) is 0 Å². The minimum atomic E-state index is 0.852. The summed E-state index contributed by atoms with van der Waals surface area (Å²) in [6, 6.07) is 21.0. The average molecular weight is 350 g/mol. The van der Waals surface area contributed by atoms with Crippen LogP contribution in [0.1, 0.15) is 16.7 Å². The molecule has 0 N–H and O–H groups in total. The van der Waals surface area contributed by atoms with Gasteiger partial charge in [0, 0.05) is 42.5 Å². The van der Waals surface area contributed by atoms with Crippen LogP contribution in [0.2, 0.25) is 0 Å². The van der Waals surface area contributed by atoms with Gasteiger partial charge in [0.05, 0.1) is 0 Å². The number of hydrogen-bond donors (Lipinski definition) is 0. The molecule has 4 rings (SSSR count). The van der Waals surface area contributed by atoms with Crippen molar-refractivity contribution in [2.45, 2.75) is 6.54 Å². The normalized spacial score (nSPS) is 11.0. The molecule has 1 aromatic carbocycles. The van der Waals surface area contributed by atoms with E-state index in [4.69, 9.17) is 0 Å². The predicted octanol–water partition coefficient (Wildman–Crippen LogP) is 4.65. The molecule has 0 unspecified atom stereocenters. The molecule has 4 aromatic rings. The van der Waals surface area contributed by atoms with Gasteiger partial charge in [-0.05, 0) is 46.5 Å². The number of rotatable bonds is 5. The van der Waals surface area contributed by atoms with Gasteiger partial charge in [-0.2, -0.15) is 0 Å². The molecule has 0 aliphatic heterocycles. The minimum Gasteiger partial charge on any atom is -0.265 e. The van der Waals surface area contributed by atoms with Gasteiger partial charge >= 0.3 is 0 Å². The molecule has 0 saturated carbocycles. The first-order valence-corrected chi connectivity index (χ1v) is 8.93. The van der Waals surface area contributed by atoms with Gasteiger partial charge in [-0.25, -0.2) is 4.57 Å². The highest BCUT2D eigenvalue weighted by Crippen LogP contribution is 2.18. The van der Waals surface area contributed by atoms with Crippen LogP contribution in [0, 0.1) is 0 Å².